The lowest BCUT2D eigenvalue weighted by atomic mass is 10.1. The summed E-state index contributed by atoms with van der Waals surface area (Å²) < 4.78 is 0. The van der Waals surface area contributed by atoms with Crippen LogP contribution in [-0.4, -0.2) is 34.6 Å². The molecule has 8 nitrogen and oxygen atoms in total. The summed E-state index contributed by atoms with van der Waals surface area (Å²) in [6.45, 7) is 1.41. The Balaban J connectivity index is 1.62. The van der Waals surface area contributed by atoms with Crippen LogP contribution in [0.1, 0.15) is 27.6 Å². The predicted molar refractivity (Wildman–Crippen MR) is 148 cm³/mol. The van der Waals surface area contributed by atoms with E-state index in [4.69, 9.17) is 46.4 Å². The largest absolute Gasteiger partial charge is 0.478 e. The Kier molecular flexibility index (Phi) is 9.69. The smallest absolute Gasteiger partial charge is 0.338 e. The molecule has 0 bridgehead atoms. The van der Waals surface area contributed by atoms with E-state index in [1.165, 1.54) is 18.7 Å². The van der Waals surface area contributed by atoms with Crippen molar-refractivity contribution in [2.24, 2.45) is 0 Å². The number of carboxylic acid groups (broad SMARTS) is 1. The van der Waals surface area contributed by atoms with Gasteiger partial charge in [0.15, 0.2) is 0 Å². The molecule has 0 aliphatic rings. The monoisotopic (exact) mass is 599 g/mol. The molecular formula is C24H17Cl4N3O5S. The molecule has 3 aromatic carbocycles. The first kappa shape index (κ1) is 28.6. The Labute approximate surface area is 235 Å². The number of nitrogens with one attached hydrogen (secondary N) is 3. The van der Waals surface area contributed by atoms with E-state index < -0.39 is 28.0 Å². The third kappa shape index (κ3) is 7.30. The van der Waals surface area contributed by atoms with Crippen molar-refractivity contribution in [1.82, 2.24) is 0 Å². The first-order chi connectivity index (χ1) is 17.5. The standard InChI is InChI=1S/C24H17Cl4N3O5S/c1-11(32)29-12-2-4-13(5-3-12)30-16(33)10-37-15-8-6-14(7-9-15)31-23(34)17-18(24(35)36)20(26)22(28)21(27)19(17)25/h2-9H,10H2,1H3,(H,29,32)(H,30,33)(H,31,34)(H,35,36). The molecule has 0 spiro atoms. The van der Waals surface area contributed by atoms with Crippen molar-refractivity contribution in [3.8, 4) is 0 Å². The Hall–Kier alpha value is -2.95. The number of benzene rings is 3. The molecule has 4 N–H and O–H groups in total. The Morgan fingerprint density at radius 1 is 0.703 bits per heavy atom. The van der Waals surface area contributed by atoms with E-state index in [0.29, 0.717) is 17.1 Å². The van der Waals surface area contributed by atoms with Gasteiger partial charge in [-0.25, -0.2) is 4.79 Å². The molecule has 0 saturated heterocycles. The van der Waals surface area contributed by atoms with Crippen molar-refractivity contribution in [2.75, 3.05) is 21.7 Å². The summed E-state index contributed by atoms with van der Waals surface area (Å²) in [5.41, 5.74) is 0.554. The lowest BCUT2D eigenvalue weighted by molar-refractivity contribution is -0.114. The molecular weight excluding hydrogens is 584 g/mol. The number of rotatable bonds is 8. The van der Waals surface area contributed by atoms with Gasteiger partial charge in [-0.2, -0.15) is 0 Å². The fourth-order valence-electron chi connectivity index (χ4n) is 3.06. The van der Waals surface area contributed by atoms with Gasteiger partial charge in [-0.05, 0) is 48.5 Å². The number of thioether (sulfide) groups is 1. The lowest BCUT2D eigenvalue weighted by Crippen LogP contribution is -2.18. The highest BCUT2D eigenvalue weighted by Crippen LogP contribution is 2.41. The van der Waals surface area contributed by atoms with Crippen LogP contribution < -0.4 is 16.0 Å². The van der Waals surface area contributed by atoms with E-state index in [0.717, 1.165) is 4.90 Å². The zero-order valence-electron chi connectivity index (χ0n) is 18.8. The fourth-order valence-corrected chi connectivity index (χ4v) is 4.78. The highest BCUT2D eigenvalue weighted by atomic mass is 35.5. The van der Waals surface area contributed by atoms with Crippen LogP contribution >= 0.6 is 58.2 Å². The van der Waals surface area contributed by atoms with Crippen LogP contribution in [0.25, 0.3) is 0 Å². The molecule has 13 heteroatoms. The van der Waals surface area contributed by atoms with E-state index in [1.807, 2.05) is 0 Å². The number of hydrogen-bond acceptors (Lipinski definition) is 5. The van der Waals surface area contributed by atoms with Crippen LogP contribution in [0, 0.1) is 0 Å². The summed E-state index contributed by atoms with van der Waals surface area (Å²) >= 11 is 25.3. The summed E-state index contributed by atoms with van der Waals surface area (Å²) in [5, 5.41) is 16.2. The molecule has 0 saturated carbocycles. The van der Waals surface area contributed by atoms with Crippen LogP contribution in [0.5, 0.6) is 0 Å². The Morgan fingerprint density at radius 3 is 1.68 bits per heavy atom. The highest BCUT2D eigenvalue weighted by molar-refractivity contribution is 8.00. The zero-order valence-corrected chi connectivity index (χ0v) is 22.7. The maximum absolute atomic E-state index is 12.8. The van der Waals surface area contributed by atoms with E-state index >= 15 is 0 Å². The van der Waals surface area contributed by atoms with Gasteiger partial charge in [0, 0.05) is 28.9 Å². The third-order valence-electron chi connectivity index (χ3n) is 4.68. The Morgan fingerprint density at radius 2 is 1.16 bits per heavy atom. The quantitative estimate of drug-likeness (QED) is 0.126. The van der Waals surface area contributed by atoms with Crippen molar-refractivity contribution < 1.29 is 24.3 Å². The van der Waals surface area contributed by atoms with Gasteiger partial charge >= 0.3 is 5.97 Å². The molecule has 0 fully saturated rings. The minimum Gasteiger partial charge on any atom is -0.478 e. The number of carboxylic acids is 1. The molecule has 0 aliphatic carbocycles. The van der Waals surface area contributed by atoms with Crippen molar-refractivity contribution in [1.29, 1.82) is 0 Å². The van der Waals surface area contributed by atoms with E-state index in [-0.39, 0.29) is 32.6 Å². The molecule has 3 aromatic rings. The zero-order chi connectivity index (χ0) is 27.3. The average Bonchev–Trinajstić information content (AvgIpc) is 2.85. The van der Waals surface area contributed by atoms with Crippen molar-refractivity contribution in [3.05, 3.63) is 79.7 Å². The average molecular weight is 601 g/mol. The number of halogens is 4. The summed E-state index contributed by atoms with van der Waals surface area (Å²) in [6.07, 6.45) is 0. The maximum atomic E-state index is 12.8. The number of carbonyl (C=O) groups is 4. The van der Waals surface area contributed by atoms with E-state index in [2.05, 4.69) is 16.0 Å². The lowest BCUT2D eigenvalue weighted by Gasteiger charge is -2.14. The van der Waals surface area contributed by atoms with Crippen molar-refractivity contribution in [3.63, 3.8) is 0 Å². The number of amides is 3. The highest BCUT2D eigenvalue weighted by Gasteiger charge is 2.28. The molecule has 3 rings (SSSR count). The first-order valence-electron chi connectivity index (χ1n) is 10.3. The van der Waals surface area contributed by atoms with Gasteiger partial charge in [-0.3, -0.25) is 14.4 Å². The second kappa shape index (κ2) is 12.5. The van der Waals surface area contributed by atoms with Crippen LogP contribution in [0.15, 0.2) is 53.4 Å². The van der Waals surface area contributed by atoms with Gasteiger partial charge in [0.1, 0.15) is 0 Å². The van der Waals surface area contributed by atoms with Gasteiger partial charge in [0.25, 0.3) is 5.91 Å². The van der Waals surface area contributed by atoms with Crippen molar-refractivity contribution in [2.45, 2.75) is 11.8 Å². The summed E-state index contributed by atoms with van der Waals surface area (Å²) in [6, 6.07) is 13.2. The van der Waals surface area contributed by atoms with Crippen LogP contribution in [0.4, 0.5) is 17.1 Å². The molecule has 0 radical (unpaired) electrons. The number of anilines is 3. The summed E-state index contributed by atoms with van der Waals surface area (Å²) in [5.74, 6) is -2.64. The van der Waals surface area contributed by atoms with E-state index in [9.17, 15) is 24.3 Å². The fraction of sp³-hybridized carbons (Fsp3) is 0.0833. The summed E-state index contributed by atoms with van der Waals surface area (Å²) in [4.78, 5) is 48.6. The predicted octanol–water partition coefficient (Wildman–Crippen LogP) is 6.94. The molecule has 0 atom stereocenters. The number of hydrogen-bond donors (Lipinski definition) is 4. The third-order valence-corrected chi connectivity index (χ3v) is 7.49. The Bertz CT molecular complexity index is 1380. The van der Waals surface area contributed by atoms with Gasteiger partial charge < -0.3 is 21.1 Å². The van der Waals surface area contributed by atoms with E-state index in [1.54, 1.807) is 48.5 Å². The number of aromatic carboxylic acids is 1. The molecule has 0 unspecified atom stereocenters. The van der Waals surface area contributed by atoms with Gasteiger partial charge in [-0.1, -0.05) is 46.4 Å². The van der Waals surface area contributed by atoms with Gasteiger partial charge in [0.05, 0.1) is 37.0 Å². The second-order valence-electron chi connectivity index (χ2n) is 7.38. The normalized spacial score (nSPS) is 10.5. The van der Waals surface area contributed by atoms with Crippen LogP contribution in [0.3, 0.4) is 0 Å². The van der Waals surface area contributed by atoms with Crippen molar-refractivity contribution >= 4 is 98.9 Å². The minimum absolute atomic E-state index is 0.124. The number of carbonyl (C=O) groups excluding carboxylic acids is 3. The molecule has 0 aliphatic heterocycles. The molecule has 192 valence electrons. The second-order valence-corrected chi connectivity index (χ2v) is 9.95. The van der Waals surface area contributed by atoms with Gasteiger partial charge in [0.2, 0.25) is 11.8 Å². The molecule has 0 aromatic heterocycles. The maximum Gasteiger partial charge on any atom is 0.338 e. The van der Waals surface area contributed by atoms with Crippen LogP contribution in [-0.2, 0) is 9.59 Å². The van der Waals surface area contributed by atoms with Crippen LogP contribution in [0.2, 0.25) is 20.1 Å². The van der Waals surface area contributed by atoms with Gasteiger partial charge in [-0.15, -0.1) is 11.8 Å². The summed E-state index contributed by atoms with van der Waals surface area (Å²) in [7, 11) is 0. The SMILES string of the molecule is CC(=O)Nc1ccc(NC(=O)CSc2ccc(NC(=O)c3c(Cl)c(Cl)c(Cl)c(Cl)c3C(=O)O)cc2)cc1. The minimum atomic E-state index is -1.50. The molecule has 37 heavy (non-hydrogen) atoms. The molecule has 3 amide bonds. The molecule has 0 heterocycles. The first-order valence-corrected chi connectivity index (χ1v) is 12.8. The topological polar surface area (TPSA) is 125 Å².